The number of amides is 1. The standard InChI is InChI=1S/C21H19N3O2/c25-21(24-11-4-5-12-24)17-8-6-7-16(13-17)19-14-20(23-15-22-19)26-18-9-2-1-3-10-18/h1-3,6-10,13-15H,4-5,11-12H2. The van der Waals surface area contributed by atoms with E-state index in [2.05, 4.69) is 9.97 Å². The molecule has 0 atom stereocenters. The summed E-state index contributed by atoms with van der Waals surface area (Å²) in [7, 11) is 0. The van der Waals surface area contributed by atoms with Crippen LogP contribution in [0.15, 0.2) is 67.0 Å². The zero-order valence-electron chi connectivity index (χ0n) is 14.3. The third-order valence-electron chi connectivity index (χ3n) is 4.41. The lowest BCUT2D eigenvalue weighted by Gasteiger charge is -2.15. The number of rotatable bonds is 4. The minimum Gasteiger partial charge on any atom is -0.439 e. The lowest BCUT2D eigenvalue weighted by Crippen LogP contribution is -2.27. The van der Waals surface area contributed by atoms with E-state index in [9.17, 15) is 4.79 Å². The third-order valence-corrected chi connectivity index (χ3v) is 4.41. The molecule has 3 aromatic rings. The van der Waals surface area contributed by atoms with Crippen LogP contribution in [0.3, 0.4) is 0 Å². The molecule has 1 aliphatic rings. The van der Waals surface area contributed by atoms with Crippen molar-refractivity contribution in [3.05, 3.63) is 72.6 Å². The zero-order chi connectivity index (χ0) is 17.8. The number of hydrogen-bond donors (Lipinski definition) is 0. The minimum absolute atomic E-state index is 0.0826. The fraction of sp³-hybridized carbons (Fsp3) is 0.190. The molecule has 1 aromatic heterocycles. The van der Waals surface area contributed by atoms with Gasteiger partial charge >= 0.3 is 0 Å². The van der Waals surface area contributed by atoms with Crippen LogP contribution in [0.1, 0.15) is 23.2 Å². The lowest BCUT2D eigenvalue weighted by molar-refractivity contribution is 0.0793. The Morgan fingerprint density at radius 2 is 1.73 bits per heavy atom. The van der Waals surface area contributed by atoms with Gasteiger partial charge in [0, 0.05) is 30.3 Å². The van der Waals surface area contributed by atoms with Crippen LogP contribution in [0, 0.1) is 0 Å². The largest absolute Gasteiger partial charge is 0.439 e. The second kappa shape index (κ2) is 7.35. The van der Waals surface area contributed by atoms with Gasteiger partial charge in [-0.05, 0) is 37.1 Å². The van der Waals surface area contributed by atoms with Crippen LogP contribution in [-0.2, 0) is 0 Å². The Bertz CT molecular complexity index is 906. The highest BCUT2D eigenvalue weighted by atomic mass is 16.5. The van der Waals surface area contributed by atoms with Gasteiger partial charge in [-0.3, -0.25) is 4.79 Å². The van der Waals surface area contributed by atoms with E-state index in [1.807, 2.05) is 59.5 Å². The Labute approximate surface area is 152 Å². The maximum Gasteiger partial charge on any atom is 0.253 e. The molecule has 5 heteroatoms. The van der Waals surface area contributed by atoms with Crippen LogP contribution in [0.2, 0.25) is 0 Å². The molecule has 0 spiro atoms. The number of carbonyl (C=O) groups is 1. The van der Waals surface area contributed by atoms with Crippen molar-refractivity contribution in [3.8, 4) is 22.9 Å². The van der Waals surface area contributed by atoms with Crippen molar-refractivity contribution in [2.75, 3.05) is 13.1 Å². The molecule has 5 nitrogen and oxygen atoms in total. The molecule has 0 N–H and O–H groups in total. The lowest BCUT2D eigenvalue weighted by atomic mass is 10.1. The highest BCUT2D eigenvalue weighted by Gasteiger charge is 2.19. The van der Waals surface area contributed by atoms with Gasteiger partial charge in [0.15, 0.2) is 0 Å². The van der Waals surface area contributed by atoms with Crippen LogP contribution in [0.5, 0.6) is 11.6 Å². The number of likely N-dealkylation sites (tertiary alicyclic amines) is 1. The van der Waals surface area contributed by atoms with E-state index < -0.39 is 0 Å². The Morgan fingerprint density at radius 3 is 2.54 bits per heavy atom. The summed E-state index contributed by atoms with van der Waals surface area (Å²) in [5.74, 6) is 1.27. The number of ether oxygens (including phenoxy) is 1. The first-order chi connectivity index (χ1) is 12.8. The number of benzene rings is 2. The molecule has 26 heavy (non-hydrogen) atoms. The fourth-order valence-electron chi connectivity index (χ4n) is 3.08. The van der Waals surface area contributed by atoms with E-state index >= 15 is 0 Å². The number of carbonyl (C=O) groups excluding carboxylic acids is 1. The molecule has 0 unspecified atom stereocenters. The van der Waals surface area contributed by atoms with E-state index in [-0.39, 0.29) is 5.91 Å². The van der Waals surface area contributed by atoms with Gasteiger partial charge in [-0.1, -0.05) is 30.3 Å². The monoisotopic (exact) mass is 345 g/mol. The van der Waals surface area contributed by atoms with Crippen molar-refractivity contribution in [1.29, 1.82) is 0 Å². The normalized spacial score (nSPS) is 13.6. The summed E-state index contributed by atoms with van der Waals surface area (Å²) in [6.45, 7) is 1.68. The summed E-state index contributed by atoms with van der Waals surface area (Å²) in [5, 5.41) is 0. The molecule has 0 radical (unpaired) electrons. The summed E-state index contributed by atoms with van der Waals surface area (Å²) in [6.07, 6.45) is 3.64. The van der Waals surface area contributed by atoms with Crippen LogP contribution in [0.4, 0.5) is 0 Å². The Kier molecular flexibility index (Phi) is 4.60. The number of hydrogen-bond acceptors (Lipinski definition) is 4. The summed E-state index contributed by atoms with van der Waals surface area (Å²) in [4.78, 5) is 23.0. The van der Waals surface area contributed by atoms with Gasteiger partial charge in [-0.2, -0.15) is 0 Å². The van der Waals surface area contributed by atoms with Crippen molar-refractivity contribution in [2.45, 2.75) is 12.8 Å². The highest BCUT2D eigenvalue weighted by Crippen LogP contribution is 2.25. The molecule has 1 amide bonds. The van der Waals surface area contributed by atoms with E-state index in [1.54, 1.807) is 6.07 Å². The Balaban J connectivity index is 1.58. The second-order valence-corrected chi connectivity index (χ2v) is 6.24. The number of para-hydroxylation sites is 1. The van der Waals surface area contributed by atoms with Crippen LogP contribution in [-0.4, -0.2) is 33.9 Å². The van der Waals surface area contributed by atoms with E-state index in [1.165, 1.54) is 6.33 Å². The third kappa shape index (κ3) is 3.57. The van der Waals surface area contributed by atoms with E-state index in [0.717, 1.165) is 42.9 Å². The van der Waals surface area contributed by atoms with Gasteiger partial charge in [0.05, 0.1) is 5.69 Å². The van der Waals surface area contributed by atoms with E-state index in [0.29, 0.717) is 11.4 Å². The smallest absolute Gasteiger partial charge is 0.253 e. The van der Waals surface area contributed by atoms with Gasteiger partial charge in [0.2, 0.25) is 5.88 Å². The fourth-order valence-corrected chi connectivity index (χ4v) is 3.08. The minimum atomic E-state index is 0.0826. The van der Waals surface area contributed by atoms with Crippen LogP contribution < -0.4 is 4.74 Å². The van der Waals surface area contributed by atoms with E-state index in [4.69, 9.17) is 4.74 Å². The SMILES string of the molecule is O=C(c1cccc(-c2cc(Oc3ccccc3)ncn2)c1)N1CCCC1. The van der Waals surface area contributed by atoms with Crippen molar-refractivity contribution < 1.29 is 9.53 Å². The summed E-state index contributed by atoms with van der Waals surface area (Å²) < 4.78 is 5.77. The predicted molar refractivity (Wildman–Crippen MR) is 99.1 cm³/mol. The van der Waals surface area contributed by atoms with Gasteiger partial charge < -0.3 is 9.64 Å². The highest BCUT2D eigenvalue weighted by molar-refractivity contribution is 5.95. The zero-order valence-corrected chi connectivity index (χ0v) is 14.3. The summed E-state index contributed by atoms with van der Waals surface area (Å²) in [5.41, 5.74) is 2.28. The maximum atomic E-state index is 12.6. The quantitative estimate of drug-likeness (QED) is 0.712. The molecule has 0 saturated carbocycles. The molecule has 1 saturated heterocycles. The van der Waals surface area contributed by atoms with Crippen LogP contribution in [0.25, 0.3) is 11.3 Å². The van der Waals surface area contributed by atoms with Gasteiger partial charge in [0.25, 0.3) is 5.91 Å². The first kappa shape index (κ1) is 16.3. The topological polar surface area (TPSA) is 55.3 Å². The molecular weight excluding hydrogens is 326 g/mol. The molecule has 1 aliphatic heterocycles. The molecule has 1 fully saturated rings. The average molecular weight is 345 g/mol. The maximum absolute atomic E-state index is 12.6. The summed E-state index contributed by atoms with van der Waals surface area (Å²) in [6, 6.07) is 18.8. The van der Waals surface area contributed by atoms with Crippen molar-refractivity contribution in [2.24, 2.45) is 0 Å². The second-order valence-electron chi connectivity index (χ2n) is 6.24. The van der Waals surface area contributed by atoms with Crippen molar-refractivity contribution in [3.63, 3.8) is 0 Å². The molecule has 2 heterocycles. The molecule has 4 rings (SSSR count). The molecule has 0 aliphatic carbocycles. The average Bonchev–Trinajstić information content (AvgIpc) is 3.23. The molecule has 2 aromatic carbocycles. The first-order valence-corrected chi connectivity index (χ1v) is 8.74. The number of nitrogens with zero attached hydrogens (tertiary/aromatic N) is 3. The van der Waals surface area contributed by atoms with Gasteiger partial charge in [-0.15, -0.1) is 0 Å². The summed E-state index contributed by atoms with van der Waals surface area (Å²) >= 11 is 0. The Morgan fingerprint density at radius 1 is 0.923 bits per heavy atom. The number of aromatic nitrogens is 2. The van der Waals surface area contributed by atoms with Crippen molar-refractivity contribution in [1.82, 2.24) is 14.9 Å². The van der Waals surface area contributed by atoms with Crippen molar-refractivity contribution >= 4 is 5.91 Å². The first-order valence-electron chi connectivity index (χ1n) is 8.74. The van der Waals surface area contributed by atoms with Crippen LogP contribution >= 0.6 is 0 Å². The van der Waals surface area contributed by atoms with Gasteiger partial charge in [0.1, 0.15) is 12.1 Å². The molecular formula is C21H19N3O2. The predicted octanol–water partition coefficient (Wildman–Crippen LogP) is 4.17. The molecule has 0 bridgehead atoms. The molecule has 130 valence electrons. The van der Waals surface area contributed by atoms with Gasteiger partial charge in [-0.25, -0.2) is 9.97 Å². The Hall–Kier alpha value is -3.21.